The number of rotatable bonds is 7. The number of nitrogens with zero attached hydrogens (tertiary/aromatic N) is 3. The first-order chi connectivity index (χ1) is 10.2. The molecule has 0 radical (unpaired) electrons. The van der Waals surface area contributed by atoms with Gasteiger partial charge >= 0.3 is 0 Å². The Hall–Kier alpha value is -1.94. The van der Waals surface area contributed by atoms with E-state index in [4.69, 9.17) is 0 Å². The molecule has 2 rings (SSSR count). The Morgan fingerprint density at radius 1 is 1.14 bits per heavy atom. The fraction of sp³-hybridized carbons (Fsp3) is 0.412. The molecule has 0 saturated carbocycles. The summed E-state index contributed by atoms with van der Waals surface area (Å²) in [5, 5.41) is 3.52. The van der Waals surface area contributed by atoms with Gasteiger partial charge in [-0.25, -0.2) is 0 Å². The summed E-state index contributed by atoms with van der Waals surface area (Å²) in [5.74, 6) is 0. The Morgan fingerprint density at radius 3 is 2.57 bits per heavy atom. The summed E-state index contributed by atoms with van der Waals surface area (Å²) in [5.41, 5.74) is 3.29. The van der Waals surface area contributed by atoms with Crippen LogP contribution in [0.25, 0.3) is 0 Å². The number of nitrogens with one attached hydrogen (secondary N) is 1. The zero-order chi connectivity index (χ0) is 15.1. The second-order valence-electron chi connectivity index (χ2n) is 5.31. The van der Waals surface area contributed by atoms with Crippen molar-refractivity contribution in [2.75, 3.05) is 25.0 Å². The van der Waals surface area contributed by atoms with E-state index in [0.29, 0.717) is 0 Å². The van der Waals surface area contributed by atoms with Crippen molar-refractivity contribution in [2.24, 2.45) is 0 Å². The molecule has 21 heavy (non-hydrogen) atoms. The standard InChI is InChI=1S/C17H24N4/c1-14(17-15(2)19-11-12-20-17)18-10-7-13-21(3)16-8-5-4-6-9-16/h4-6,8-9,11-12,14,18H,7,10,13H2,1-3H3. The number of aromatic nitrogens is 2. The first-order valence-electron chi connectivity index (χ1n) is 7.45. The number of hydrogen-bond donors (Lipinski definition) is 1. The minimum atomic E-state index is 0.237. The highest BCUT2D eigenvalue weighted by molar-refractivity contribution is 5.44. The van der Waals surface area contributed by atoms with Crippen molar-refractivity contribution in [1.29, 1.82) is 0 Å². The molecule has 4 nitrogen and oxygen atoms in total. The minimum absolute atomic E-state index is 0.237. The highest BCUT2D eigenvalue weighted by atomic mass is 15.1. The average Bonchev–Trinajstić information content (AvgIpc) is 2.52. The molecular formula is C17H24N4. The Morgan fingerprint density at radius 2 is 1.86 bits per heavy atom. The molecule has 1 atom stereocenters. The fourth-order valence-corrected chi connectivity index (χ4v) is 2.39. The first-order valence-corrected chi connectivity index (χ1v) is 7.45. The SMILES string of the molecule is Cc1nccnc1C(C)NCCCN(C)c1ccccc1. The number of hydrogen-bond acceptors (Lipinski definition) is 4. The Bertz CT molecular complexity index is 541. The van der Waals surface area contributed by atoms with E-state index in [1.807, 2.05) is 13.0 Å². The highest BCUT2D eigenvalue weighted by Gasteiger charge is 2.09. The van der Waals surface area contributed by atoms with Gasteiger partial charge in [0.25, 0.3) is 0 Å². The van der Waals surface area contributed by atoms with E-state index in [1.54, 1.807) is 12.4 Å². The lowest BCUT2D eigenvalue weighted by molar-refractivity contribution is 0.542. The van der Waals surface area contributed by atoms with Gasteiger partial charge in [0.15, 0.2) is 0 Å². The van der Waals surface area contributed by atoms with Gasteiger partial charge in [-0.2, -0.15) is 0 Å². The lowest BCUT2D eigenvalue weighted by atomic mass is 10.2. The van der Waals surface area contributed by atoms with E-state index >= 15 is 0 Å². The van der Waals surface area contributed by atoms with Crippen LogP contribution in [0.2, 0.25) is 0 Å². The molecule has 0 saturated heterocycles. The van der Waals surface area contributed by atoms with Gasteiger partial charge in [-0.05, 0) is 38.9 Å². The van der Waals surface area contributed by atoms with Crippen LogP contribution < -0.4 is 10.2 Å². The van der Waals surface area contributed by atoms with Gasteiger partial charge in [-0.1, -0.05) is 18.2 Å². The van der Waals surface area contributed by atoms with Crippen LogP contribution in [0, 0.1) is 6.92 Å². The van der Waals surface area contributed by atoms with Gasteiger partial charge in [0.1, 0.15) is 0 Å². The molecule has 112 valence electrons. The molecule has 0 amide bonds. The lowest BCUT2D eigenvalue weighted by Gasteiger charge is -2.20. The summed E-state index contributed by atoms with van der Waals surface area (Å²) in [6.07, 6.45) is 4.58. The van der Waals surface area contributed by atoms with Crippen molar-refractivity contribution in [3.05, 3.63) is 54.1 Å². The van der Waals surface area contributed by atoms with E-state index in [1.165, 1.54) is 5.69 Å². The zero-order valence-corrected chi connectivity index (χ0v) is 13.1. The highest BCUT2D eigenvalue weighted by Crippen LogP contribution is 2.13. The van der Waals surface area contributed by atoms with Gasteiger partial charge in [0.05, 0.1) is 11.4 Å². The molecule has 4 heteroatoms. The summed E-state index contributed by atoms with van der Waals surface area (Å²) in [6.45, 7) is 6.14. The minimum Gasteiger partial charge on any atom is -0.375 e. The third-order valence-corrected chi connectivity index (χ3v) is 3.65. The molecule has 1 unspecified atom stereocenters. The van der Waals surface area contributed by atoms with Crippen LogP contribution >= 0.6 is 0 Å². The van der Waals surface area contributed by atoms with Crippen molar-refractivity contribution in [1.82, 2.24) is 15.3 Å². The topological polar surface area (TPSA) is 41.1 Å². The summed E-state index contributed by atoms with van der Waals surface area (Å²) >= 11 is 0. The predicted molar refractivity (Wildman–Crippen MR) is 87.5 cm³/mol. The maximum Gasteiger partial charge on any atom is 0.0782 e. The summed E-state index contributed by atoms with van der Waals surface area (Å²) < 4.78 is 0. The Kier molecular flexibility index (Phi) is 5.69. The number of para-hydroxylation sites is 1. The van der Waals surface area contributed by atoms with E-state index in [9.17, 15) is 0 Å². The van der Waals surface area contributed by atoms with Crippen LogP contribution in [0.5, 0.6) is 0 Å². The molecule has 0 aliphatic heterocycles. The van der Waals surface area contributed by atoms with Crippen molar-refractivity contribution < 1.29 is 0 Å². The van der Waals surface area contributed by atoms with Crippen LogP contribution in [-0.2, 0) is 0 Å². The predicted octanol–water partition coefficient (Wildman–Crippen LogP) is 2.96. The fourth-order valence-electron chi connectivity index (χ4n) is 2.39. The van der Waals surface area contributed by atoms with E-state index < -0.39 is 0 Å². The molecule has 1 N–H and O–H groups in total. The van der Waals surface area contributed by atoms with Gasteiger partial charge in [-0.15, -0.1) is 0 Å². The van der Waals surface area contributed by atoms with Crippen LogP contribution in [0.4, 0.5) is 5.69 Å². The van der Waals surface area contributed by atoms with Crippen LogP contribution in [-0.4, -0.2) is 30.1 Å². The number of aryl methyl sites for hydroxylation is 1. The second-order valence-corrected chi connectivity index (χ2v) is 5.31. The molecular weight excluding hydrogens is 260 g/mol. The van der Waals surface area contributed by atoms with Crippen molar-refractivity contribution in [3.8, 4) is 0 Å². The summed E-state index contributed by atoms with van der Waals surface area (Å²) in [7, 11) is 2.13. The molecule has 2 aromatic rings. The van der Waals surface area contributed by atoms with E-state index in [0.717, 1.165) is 30.9 Å². The monoisotopic (exact) mass is 284 g/mol. The van der Waals surface area contributed by atoms with Gasteiger partial charge in [-0.3, -0.25) is 9.97 Å². The van der Waals surface area contributed by atoms with E-state index in [-0.39, 0.29) is 6.04 Å². The Balaban J connectivity index is 1.74. The van der Waals surface area contributed by atoms with Gasteiger partial charge in [0.2, 0.25) is 0 Å². The number of benzene rings is 1. The average molecular weight is 284 g/mol. The zero-order valence-electron chi connectivity index (χ0n) is 13.1. The van der Waals surface area contributed by atoms with Gasteiger partial charge in [0, 0.05) is 37.7 Å². The molecule has 0 fully saturated rings. The smallest absolute Gasteiger partial charge is 0.0782 e. The molecule has 0 aliphatic carbocycles. The molecule has 1 aromatic heterocycles. The molecule has 0 bridgehead atoms. The third-order valence-electron chi connectivity index (χ3n) is 3.65. The maximum atomic E-state index is 4.40. The summed E-state index contributed by atoms with van der Waals surface area (Å²) in [4.78, 5) is 11.0. The lowest BCUT2D eigenvalue weighted by Crippen LogP contribution is -2.26. The third kappa shape index (κ3) is 4.53. The van der Waals surface area contributed by atoms with Crippen molar-refractivity contribution in [2.45, 2.75) is 26.3 Å². The maximum absolute atomic E-state index is 4.40. The largest absolute Gasteiger partial charge is 0.375 e. The molecule has 0 spiro atoms. The first kappa shape index (κ1) is 15.4. The van der Waals surface area contributed by atoms with Crippen molar-refractivity contribution in [3.63, 3.8) is 0 Å². The number of anilines is 1. The molecule has 1 heterocycles. The quantitative estimate of drug-likeness (QED) is 0.794. The molecule has 1 aromatic carbocycles. The van der Waals surface area contributed by atoms with E-state index in [2.05, 4.69) is 58.4 Å². The normalized spacial score (nSPS) is 12.1. The van der Waals surface area contributed by atoms with Crippen molar-refractivity contribution >= 4 is 5.69 Å². The van der Waals surface area contributed by atoms with Gasteiger partial charge < -0.3 is 10.2 Å². The summed E-state index contributed by atoms with van der Waals surface area (Å²) in [6, 6.07) is 10.7. The molecule has 0 aliphatic rings. The van der Waals surface area contributed by atoms with Crippen LogP contribution in [0.3, 0.4) is 0 Å². The van der Waals surface area contributed by atoms with Crippen LogP contribution in [0.1, 0.15) is 30.8 Å². The van der Waals surface area contributed by atoms with Crippen LogP contribution in [0.15, 0.2) is 42.7 Å². The second kappa shape index (κ2) is 7.74. The Labute approximate surface area is 127 Å².